The first-order valence-corrected chi connectivity index (χ1v) is 8.37. The third-order valence-corrected chi connectivity index (χ3v) is 4.55. The summed E-state index contributed by atoms with van der Waals surface area (Å²) < 4.78 is 1.98. The lowest BCUT2D eigenvalue weighted by atomic mass is 10.2. The average molecular weight is 341 g/mol. The molecule has 0 unspecified atom stereocenters. The van der Waals surface area contributed by atoms with Crippen LogP contribution in [0.25, 0.3) is 5.69 Å². The van der Waals surface area contributed by atoms with Crippen molar-refractivity contribution < 1.29 is 9.59 Å². The van der Waals surface area contributed by atoms with Gasteiger partial charge in [-0.05, 0) is 32.0 Å². The molecule has 3 rings (SSSR count). The van der Waals surface area contributed by atoms with Crippen molar-refractivity contribution in [3.05, 3.63) is 35.9 Å². The number of piperazine rings is 1. The molecule has 2 heterocycles. The quantitative estimate of drug-likeness (QED) is 0.860. The van der Waals surface area contributed by atoms with Gasteiger partial charge in [-0.25, -0.2) is 4.98 Å². The minimum atomic E-state index is 0.121. The summed E-state index contributed by atoms with van der Waals surface area (Å²) >= 11 is 0. The number of aromatic nitrogens is 2. The normalized spacial score (nSPS) is 14.5. The van der Waals surface area contributed by atoms with Crippen LogP contribution < -0.4 is 10.2 Å². The van der Waals surface area contributed by atoms with Gasteiger partial charge in [0.2, 0.25) is 12.3 Å². The van der Waals surface area contributed by atoms with E-state index in [1.165, 1.54) is 0 Å². The zero-order valence-electron chi connectivity index (χ0n) is 14.8. The zero-order chi connectivity index (χ0) is 18.0. The Hall–Kier alpha value is -2.83. The van der Waals surface area contributed by atoms with Crippen LogP contribution in [0.1, 0.15) is 18.4 Å². The van der Waals surface area contributed by atoms with E-state index in [4.69, 9.17) is 0 Å². The van der Waals surface area contributed by atoms with Crippen LogP contribution in [0, 0.1) is 13.8 Å². The van der Waals surface area contributed by atoms with E-state index in [1.807, 2.05) is 41.6 Å². The number of anilines is 2. The monoisotopic (exact) mass is 341 g/mol. The maximum atomic E-state index is 11.5. The predicted molar refractivity (Wildman–Crippen MR) is 97.2 cm³/mol. The van der Waals surface area contributed by atoms with Crippen LogP contribution in [0.3, 0.4) is 0 Å². The molecule has 132 valence electrons. The second-order valence-corrected chi connectivity index (χ2v) is 6.26. The first-order valence-electron chi connectivity index (χ1n) is 8.37. The van der Waals surface area contributed by atoms with E-state index < -0.39 is 0 Å². The Balaban J connectivity index is 1.92. The van der Waals surface area contributed by atoms with Gasteiger partial charge in [0.15, 0.2) is 0 Å². The van der Waals surface area contributed by atoms with E-state index in [2.05, 4.69) is 21.3 Å². The largest absolute Gasteiger partial charge is 0.368 e. The van der Waals surface area contributed by atoms with E-state index in [1.54, 1.807) is 6.92 Å². The maximum Gasteiger partial charge on any atom is 0.219 e. The molecule has 0 aliphatic carbocycles. The molecule has 0 atom stereocenters. The van der Waals surface area contributed by atoms with Gasteiger partial charge in [0.25, 0.3) is 0 Å². The molecule has 1 fully saturated rings. The number of benzene rings is 1. The number of carbonyl (C=O) groups is 2. The highest BCUT2D eigenvalue weighted by molar-refractivity contribution is 5.79. The molecule has 1 aliphatic rings. The van der Waals surface area contributed by atoms with Gasteiger partial charge in [0, 0.05) is 45.0 Å². The third kappa shape index (κ3) is 3.50. The van der Waals surface area contributed by atoms with E-state index >= 15 is 0 Å². The van der Waals surface area contributed by atoms with Crippen molar-refractivity contribution in [2.75, 3.05) is 36.4 Å². The van der Waals surface area contributed by atoms with E-state index in [-0.39, 0.29) is 5.91 Å². The molecular weight excluding hydrogens is 318 g/mol. The lowest BCUT2D eigenvalue weighted by Crippen LogP contribution is -2.48. The summed E-state index contributed by atoms with van der Waals surface area (Å²) in [6.45, 7) is 8.53. The van der Waals surface area contributed by atoms with Gasteiger partial charge in [-0.1, -0.05) is 0 Å². The molecule has 0 spiro atoms. The Bertz CT molecular complexity index is 791. The summed E-state index contributed by atoms with van der Waals surface area (Å²) in [6, 6.07) is 5.96. The highest BCUT2D eigenvalue weighted by Crippen LogP contribution is 2.28. The van der Waals surface area contributed by atoms with Crippen molar-refractivity contribution in [1.29, 1.82) is 0 Å². The van der Waals surface area contributed by atoms with Gasteiger partial charge in [-0.2, -0.15) is 0 Å². The molecule has 1 saturated heterocycles. The highest BCUT2D eigenvalue weighted by atomic mass is 16.2. The zero-order valence-corrected chi connectivity index (χ0v) is 14.8. The predicted octanol–water partition coefficient (Wildman–Crippen LogP) is 1.73. The summed E-state index contributed by atoms with van der Waals surface area (Å²) in [5.74, 6) is 0.986. The minimum absolute atomic E-state index is 0.121. The highest BCUT2D eigenvalue weighted by Gasteiger charge is 2.20. The fourth-order valence-electron chi connectivity index (χ4n) is 3.24. The van der Waals surface area contributed by atoms with Crippen molar-refractivity contribution >= 4 is 23.7 Å². The fourth-order valence-corrected chi connectivity index (χ4v) is 3.24. The van der Waals surface area contributed by atoms with E-state index in [0.717, 1.165) is 54.8 Å². The van der Waals surface area contributed by atoms with Crippen molar-refractivity contribution in [1.82, 2.24) is 14.5 Å². The van der Waals surface area contributed by atoms with Crippen molar-refractivity contribution in [3.63, 3.8) is 0 Å². The summed E-state index contributed by atoms with van der Waals surface area (Å²) in [6.07, 6.45) is 2.64. The molecule has 1 aromatic heterocycles. The number of carbonyl (C=O) groups excluding carboxylic acids is 2. The van der Waals surface area contributed by atoms with Crippen LogP contribution >= 0.6 is 0 Å². The van der Waals surface area contributed by atoms with Gasteiger partial charge < -0.3 is 19.7 Å². The summed E-state index contributed by atoms with van der Waals surface area (Å²) in [7, 11) is 0. The number of hydrogen-bond donors (Lipinski definition) is 1. The number of aryl methyl sites for hydroxylation is 2. The van der Waals surface area contributed by atoms with Crippen LogP contribution in [0.15, 0.2) is 24.4 Å². The molecule has 1 aliphatic heterocycles. The van der Waals surface area contributed by atoms with Crippen molar-refractivity contribution in [2.24, 2.45) is 0 Å². The van der Waals surface area contributed by atoms with Crippen LogP contribution in [0.4, 0.5) is 11.4 Å². The number of nitrogens with one attached hydrogen (secondary N) is 1. The number of nitrogens with zero attached hydrogens (tertiary/aromatic N) is 4. The SMILES string of the molecule is CC(=O)N1CCN(c2ccc(NC=O)c(-n3cc(C)nc3C)c2)CC1. The Kier molecular flexibility index (Phi) is 4.74. The number of imidazole rings is 1. The Morgan fingerprint density at radius 2 is 1.92 bits per heavy atom. The Labute approximate surface area is 147 Å². The van der Waals surface area contributed by atoms with E-state index in [9.17, 15) is 9.59 Å². The number of hydrogen-bond acceptors (Lipinski definition) is 4. The first kappa shape index (κ1) is 17.0. The Morgan fingerprint density at radius 3 is 2.48 bits per heavy atom. The van der Waals surface area contributed by atoms with Crippen LogP contribution in [-0.4, -0.2) is 52.9 Å². The van der Waals surface area contributed by atoms with Gasteiger partial charge in [-0.3, -0.25) is 9.59 Å². The standard InChI is InChI=1S/C18H23N5O2/c1-13-11-23(14(2)20-13)18-10-16(4-5-17(18)19-12-24)22-8-6-21(7-9-22)15(3)25/h4-5,10-12H,6-9H2,1-3H3,(H,19,24). The minimum Gasteiger partial charge on any atom is -0.368 e. The van der Waals surface area contributed by atoms with Crippen molar-refractivity contribution in [2.45, 2.75) is 20.8 Å². The maximum absolute atomic E-state index is 11.5. The molecule has 1 N–H and O–H groups in total. The molecule has 0 bridgehead atoms. The van der Waals surface area contributed by atoms with Gasteiger partial charge >= 0.3 is 0 Å². The summed E-state index contributed by atoms with van der Waals surface area (Å²) in [5, 5.41) is 2.76. The summed E-state index contributed by atoms with van der Waals surface area (Å²) in [5.41, 5.74) is 3.62. The van der Waals surface area contributed by atoms with Gasteiger partial charge in [-0.15, -0.1) is 0 Å². The molecule has 2 amide bonds. The molecule has 7 heteroatoms. The first-order chi connectivity index (χ1) is 12.0. The smallest absolute Gasteiger partial charge is 0.219 e. The van der Waals surface area contributed by atoms with Gasteiger partial charge in [0.1, 0.15) is 5.82 Å². The third-order valence-electron chi connectivity index (χ3n) is 4.55. The lowest BCUT2D eigenvalue weighted by molar-refractivity contribution is -0.129. The topological polar surface area (TPSA) is 70.5 Å². The molecule has 1 aromatic carbocycles. The molecule has 0 radical (unpaired) electrons. The fraction of sp³-hybridized carbons (Fsp3) is 0.389. The number of amides is 2. The Morgan fingerprint density at radius 1 is 1.20 bits per heavy atom. The van der Waals surface area contributed by atoms with Crippen LogP contribution in [0.2, 0.25) is 0 Å². The summed E-state index contributed by atoms with van der Waals surface area (Å²) in [4.78, 5) is 31.0. The molecular formula is C18H23N5O2. The second kappa shape index (κ2) is 6.96. The van der Waals surface area contributed by atoms with E-state index in [0.29, 0.717) is 6.41 Å². The molecule has 0 saturated carbocycles. The lowest BCUT2D eigenvalue weighted by Gasteiger charge is -2.36. The molecule has 25 heavy (non-hydrogen) atoms. The molecule has 7 nitrogen and oxygen atoms in total. The molecule has 2 aromatic rings. The van der Waals surface area contributed by atoms with Crippen LogP contribution in [-0.2, 0) is 9.59 Å². The van der Waals surface area contributed by atoms with Crippen molar-refractivity contribution in [3.8, 4) is 5.69 Å². The second-order valence-electron chi connectivity index (χ2n) is 6.26. The van der Waals surface area contributed by atoms with Gasteiger partial charge in [0.05, 0.1) is 17.1 Å². The van der Waals surface area contributed by atoms with Crippen LogP contribution in [0.5, 0.6) is 0 Å². The average Bonchev–Trinajstić information content (AvgIpc) is 2.94. The number of rotatable bonds is 4.